The van der Waals surface area contributed by atoms with Gasteiger partial charge in [-0.05, 0) is 19.4 Å². The molecule has 1 unspecified atom stereocenters. The maximum Gasteiger partial charge on any atom is 0.152 e. The van der Waals surface area contributed by atoms with Gasteiger partial charge in [0.15, 0.2) is 9.84 Å². The van der Waals surface area contributed by atoms with Crippen LogP contribution in [0.3, 0.4) is 0 Å². The summed E-state index contributed by atoms with van der Waals surface area (Å²) in [6.45, 7) is 1.93. The minimum absolute atomic E-state index is 0.184. The van der Waals surface area contributed by atoms with Gasteiger partial charge in [0, 0.05) is 12.6 Å². The summed E-state index contributed by atoms with van der Waals surface area (Å²) in [7, 11) is -1.07. The second-order valence-electron chi connectivity index (χ2n) is 4.74. The molecular weight excluding hydrogens is 238 g/mol. The van der Waals surface area contributed by atoms with Crippen molar-refractivity contribution < 1.29 is 8.42 Å². The van der Waals surface area contributed by atoms with Gasteiger partial charge in [-0.25, -0.2) is 8.42 Å². The third-order valence-corrected chi connectivity index (χ3v) is 4.88. The molecule has 2 N–H and O–H groups in total. The van der Waals surface area contributed by atoms with Crippen molar-refractivity contribution in [2.24, 2.45) is 0 Å². The number of nitrogens with zero attached hydrogens (tertiary/aromatic N) is 1. The Kier molecular flexibility index (Phi) is 2.99. The fourth-order valence-corrected chi connectivity index (χ4v) is 4.20. The molecule has 1 aliphatic rings. The summed E-state index contributed by atoms with van der Waals surface area (Å²) in [5.41, 5.74) is 1.36. The van der Waals surface area contributed by atoms with Crippen molar-refractivity contribution in [3.05, 3.63) is 18.5 Å². The van der Waals surface area contributed by atoms with Crippen LogP contribution in [0.4, 0.5) is 11.4 Å². The topological polar surface area (TPSA) is 71.1 Å². The van der Waals surface area contributed by atoms with Gasteiger partial charge in [-0.3, -0.25) is 4.98 Å². The number of anilines is 2. The SMILES string of the molecule is CNc1cncc(NC2(C)CCS(=O)(=O)C2)c1. The van der Waals surface area contributed by atoms with Crippen molar-refractivity contribution in [2.75, 3.05) is 29.2 Å². The summed E-state index contributed by atoms with van der Waals surface area (Å²) in [5.74, 6) is 0.444. The molecule has 0 amide bonds. The van der Waals surface area contributed by atoms with Gasteiger partial charge in [0.1, 0.15) is 0 Å². The van der Waals surface area contributed by atoms with E-state index in [1.54, 1.807) is 12.4 Å². The molecule has 0 aliphatic carbocycles. The van der Waals surface area contributed by atoms with Crippen LogP contribution in [0.25, 0.3) is 0 Å². The molecule has 94 valence electrons. The Bertz CT molecular complexity index is 515. The third kappa shape index (κ3) is 2.88. The highest BCUT2D eigenvalue weighted by Gasteiger charge is 2.38. The summed E-state index contributed by atoms with van der Waals surface area (Å²) in [5, 5.41) is 6.27. The number of rotatable bonds is 3. The molecule has 0 radical (unpaired) electrons. The smallest absolute Gasteiger partial charge is 0.152 e. The first-order chi connectivity index (χ1) is 7.92. The van der Waals surface area contributed by atoms with E-state index >= 15 is 0 Å². The van der Waals surface area contributed by atoms with Gasteiger partial charge in [0.05, 0.1) is 35.3 Å². The Morgan fingerprint density at radius 1 is 1.35 bits per heavy atom. The largest absolute Gasteiger partial charge is 0.387 e. The van der Waals surface area contributed by atoms with Crippen LogP contribution in [0.1, 0.15) is 13.3 Å². The molecule has 1 aromatic rings. The lowest BCUT2D eigenvalue weighted by Gasteiger charge is -2.25. The maximum absolute atomic E-state index is 11.5. The first-order valence-corrected chi connectivity index (χ1v) is 7.36. The van der Waals surface area contributed by atoms with E-state index in [2.05, 4.69) is 15.6 Å². The molecule has 6 heteroatoms. The molecule has 1 aliphatic heterocycles. The van der Waals surface area contributed by atoms with E-state index in [0.29, 0.717) is 6.42 Å². The van der Waals surface area contributed by atoms with Crippen LogP contribution in [0.5, 0.6) is 0 Å². The van der Waals surface area contributed by atoms with E-state index < -0.39 is 9.84 Å². The van der Waals surface area contributed by atoms with E-state index in [-0.39, 0.29) is 17.0 Å². The summed E-state index contributed by atoms with van der Waals surface area (Å²) in [6.07, 6.45) is 4.06. The summed E-state index contributed by atoms with van der Waals surface area (Å²) >= 11 is 0. The van der Waals surface area contributed by atoms with E-state index in [1.807, 2.05) is 20.0 Å². The minimum atomic E-state index is -2.89. The number of aromatic nitrogens is 1. The molecule has 1 fully saturated rings. The van der Waals surface area contributed by atoms with Crippen molar-refractivity contribution in [3.63, 3.8) is 0 Å². The van der Waals surface area contributed by atoms with Gasteiger partial charge in [0.2, 0.25) is 0 Å². The van der Waals surface area contributed by atoms with Gasteiger partial charge in [-0.2, -0.15) is 0 Å². The fourth-order valence-electron chi connectivity index (χ4n) is 2.10. The Morgan fingerprint density at radius 3 is 2.65 bits per heavy atom. The highest BCUT2D eigenvalue weighted by molar-refractivity contribution is 7.91. The van der Waals surface area contributed by atoms with Gasteiger partial charge in [-0.15, -0.1) is 0 Å². The normalized spacial score (nSPS) is 26.7. The van der Waals surface area contributed by atoms with Crippen molar-refractivity contribution in [3.8, 4) is 0 Å². The van der Waals surface area contributed by atoms with Gasteiger partial charge >= 0.3 is 0 Å². The zero-order chi connectivity index (χ0) is 12.5. The van der Waals surface area contributed by atoms with Crippen molar-refractivity contribution in [1.82, 2.24) is 4.98 Å². The first-order valence-electron chi connectivity index (χ1n) is 5.54. The molecule has 17 heavy (non-hydrogen) atoms. The maximum atomic E-state index is 11.5. The highest BCUT2D eigenvalue weighted by atomic mass is 32.2. The Balaban J connectivity index is 2.15. The average molecular weight is 255 g/mol. The van der Waals surface area contributed by atoms with E-state index in [9.17, 15) is 8.42 Å². The Morgan fingerprint density at radius 2 is 2.06 bits per heavy atom. The molecule has 5 nitrogen and oxygen atoms in total. The fraction of sp³-hybridized carbons (Fsp3) is 0.545. The lowest BCUT2D eigenvalue weighted by Crippen LogP contribution is -2.35. The summed E-state index contributed by atoms with van der Waals surface area (Å²) < 4.78 is 23.0. The number of hydrogen-bond donors (Lipinski definition) is 2. The lowest BCUT2D eigenvalue weighted by molar-refractivity contribution is 0.574. The van der Waals surface area contributed by atoms with Gasteiger partial charge < -0.3 is 10.6 Å². The Hall–Kier alpha value is -1.30. The quantitative estimate of drug-likeness (QED) is 0.846. The molecule has 1 atom stereocenters. The van der Waals surface area contributed by atoms with Crippen LogP contribution >= 0.6 is 0 Å². The van der Waals surface area contributed by atoms with E-state index in [0.717, 1.165) is 11.4 Å². The summed E-state index contributed by atoms with van der Waals surface area (Å²) in [6, 6.07) is 1.92. The Labute approximate surface area is 102 Å². The minimum Gasteiger partial charge on any atom is -0.387 e. The van der Waals surface area contributed by atoms with Gasteiger partial charge in [0.25, 0.3) is 0 Å². The number of hydrogen-bond acceptors (Lipinski definition) is 5. The number of sulfone groups is 1. The molecule has 0 spiro atoms. The first kappa shape index (κ1) is 12.2. The predicted octanol–water partition coefficient (Wildman–Crippen LogP) is 1.11. The standard InChI is InChI=1S/C11H17N3O2S/c1-11(3-4-17(15,16)8-11)14-10-5-9(12-2)6-13-7-10/h5-7,12,14H,3-4,8H2,1-2H3. The molecule has 1 saturated heterocycles. The zero-order valence-electron chi connectivity index (χ0n) is 10.0. The van der Waals surface area contributed by atoms with E-state index in [4.69, 9.17) is 0 Å². The second-order valence-corrected chi connectivity index (χ2v) is 6.92. The second kappa shape index (κ2) is 4.18. The van der Waals surface area contributed by atoms with Crippen molar-refractivity contribution in [2.45, 2.75) is 18.9 Å². The molecule has 0 bridgehead atoms. The molecule has 1 aromatic heterocycles. The van der Waals surface area contributed by atoms with Crippen LogP contribution in [0.15, 0.2) is 18.5 Å². The van der Waals surface area contributed by atoms with Crippen molar-refractivity contribution in [1.29, 1.82) is 0 Å². The lowest BCUT2D eigenvalue weighted by atomic mass is 10.0. The average Bonchev–Trinajstić information content (AvgIpc) is 2.53. The van der Waals surface area contributed by atoms with Crippen molar-refractivity contribution >= 4 is 21.2 Å². The van der Waals surface area contributed by atoms with Crippen LogP contribution in [0, 0.1) is 0 Å². The zero-order valence-corrected chi connectivity index (χ0v) is 10.8. The molecule has 2 rings (SSSR count). The highest BCUT2D eigenvalue weighted by Crippen LogP contribution is 2.27. The van der Waals surface area contributed by atoms with Crippen LogP contribution < -0.4 is 10.6 Å². The van der Waals surface area contributed by atoms with Crippen LogP contribution in [-0.2, 0) is 9.84 Å². The third-order valence-electron chi connectivity index (χ3n) is 2.98. The predicted molar refractivity (Wildman–Crippen MR) is 69.1 cm³/mol. The molecule has 0 aromatic carbocycles. The monoisotopic (exact) mass is 255 g/mol. The summed E-state index contributed by atoms with van der Waals surface area (Å²) in [4.78, 5) is 4.09. The number of nitrogens with one attached hydrogen (secondary N) is 2. The van der Waals surface area contributed by atoms with Crippen LogP contribution in [-0.4, -0.2) is 37.5 Å². The van der Waals surface area contributed by atoms with Gasteiger partial charge in [-0.1, -0.05) is 0 Å². The van der Waals surface area contributed by atoms with Crippen LogP contribution in [0.2, 0.25) is 0 Å². The molecule has 2 heterocycles. The number of pyridine rings is 1. The molecule has 0 saturated carbocycles. The van der Waals surface area contributed by atoms with E-state index in [1.165, 1.54) is 0 Å². The molecular formula is C11H17N3O2S.